The molecule has 1 aliphatic heterocycles. The molecule has 7 heteroatoms. The Morgan fingerprint density at radius 1 is 1.00 bits per heavy atom. The molecule has 2 aromatic carbocycles. The van der Waals surface area contributed by atoms with Crippen molar-refractivity contribution in [2.75, 3.05) is 13.1 Å². The van der Waals surface area contributed by atoms with Gasteiger partial charge in [0, 0.05) is 5.69 Å². The summed E-state index contributed by atoms with van der Waals surface area (Å²) in [6.45, 7) is 4.34. The molecule has 2 N–H and O–H groups in total. The Hall–Kier alpha value is -2.64. The van der Waals surface area contributed by atoms with Crippen LogP contribution in [0.4, 0.5) is 0 Å². The third-order valence-corrected chi connectivity index (χ3v) is 6.97. The van der Waals surface area contributed by atoms with Crippen LogP contribution < -0.4 is 5.73 Å². The molecule has 4 rings (SSSR count). The van der Waals surface area contributed by atoms with Gasteiger partial charge in [-0.25, -0.2) is 0 Å². The Balaban J connectivity index is 1.66. The zero-order valence-corrected chi connectivity index (χ0v) is 18.7. The lowest BCUT2D eigenvalue weighted by Gasteiger charge is -2.32. The van der Waals surface area contributed by atoms with Gasteiger partial charge >= 0.3 is 0 Å². The first-order valence-electron chi connectivity index (χ1n) is 10.9. The molecular weight excluding hydrogens is 406 g/mol. The monoisotopic (exact) mass is 435 g/mol. The van der Waals surface area contributed by atoms with Crippen LogP contribution in [-0.2, 0) is 11.2 Å². The molecule has 1 saturated heterocycles. The number of amides is 1. The van der Waals surface area contributed by atoms with E-state index < -0.39 is 5.25 Å². The zero-order valence-electron chi connectivity index (χ0n) is 17.9. The van der Waals surface area contributed by atoms with E-state index in [-0.39, 0.29) is 11.9 Å². The fourth-order valence-corrected chi connectivity index (χ4v) is 5.11. The van der Waals surface area contributed by atoms with E-state index in [0.29, 0.717) is 11.6 Å². The number of likely N-dealkylation sites (tertiary alicyclic amines) is 1. The minimum atomic E-state index is -0.424. The van der Waals surface area contributed by atoms with Crippen LogP contribution in [0.25, 0.3) is 5.69 Å². The van der Waals surface area contributed by atoms with E-state index >= 15 is 0 Å². The average Bonchev–Trinajstić information content (AvgIpc) is 3.23. The van der Waals surface area contributed by atoms with Crippen LogP contribution in [0, 0.1) is 0 Å². The number of carbonyl (C=O) groups is 1. The van der Waals surface area contributed by atoms with Gasteiger partial charge in [-0.3, -0.25) is 14.3 Å². The number of piperidine rings is 1. The van der Waals surface area contributed by atoms with E-state index in [1.807, 2.05) is 48.5 Å². The molecule has 1 amide bonds. The summed E-state index contributed by atoms with van der Waals surface area (Å²) in [5.41, 5.74) is 7.85. The van der Waals surface area contributed by atoms with E-state index in [1.165, 1.54) is 31.0 Å². The van der Waals surface area contributed by atoms with Crippen LogP contribution in [0.3, 0.4) is 0 Å². The lowest BCUT2D eigenvalue weighted by Crippen LogP contribution is -2.33. The first-order chi connectivity index (χ1) is 15.1. The maximum Gasteiger partial charge on any atom is 0.231 e. The molecular formula is C24H29N5OS. The molecule has 162 valence electrons. The largest absolute Gasteiger partial charge is 0.369 e. The van der Waals surface area contributed by atoms with Gasteiger partial charge in [-0.1, -0.05) is 66.7 Å². The number of hydrogen-bond donors (Lipinski definition) is 1. The van der Waals surface area contributed by atoms with E-state index in [2.05, 4.69) is 38.7 Å². The van der Waals surface area contributed by atoms with Crippen LogP contribution in [0.1, 0.15) is 43.6 Å². The summed E-state index contributed by atoms with van der Waals surface area (Å²) in [4.78, 5) is 14.7. The number of rotatable bonds is 8. The molecule has 2 atom stereocenters. The molecule has 0 radical (unpaired) electrons. The fourth-order valence-electron chi connectivity index (χ4n) is 4.07. The van der Waals surface area contributed by atoms with Crippen molar-refractivity contribution >= 4 is 17.7 Å². The first kappa shape index (κ1) is 21.6. The minimum Gasteiger partial charge on any atom is -0.369 e. The summed E-state index contributed by atoms with van der Waals surface area (Å²) < 4.78 is 2.09. The third kappa shape index (κ3) is 5.17. The van der Waals surface area contributed by atoms with Crippen molar-refractivity contribution in [3.8, 4) is 5.69 Å². The van der Waals surface area contributed by atoms with Crippen LogP contribution in [0.15, 0.2) is 65.8 Å². The molecule has 1 fully saturated rings. The number of nitrogens with zero attached hydrogens (tertiary/aromatic N) is 4. The number of primary amides is 1. The van der Waals surface area contributed by atoms with Gasteiger partial charge in [0.15, 0.2) is 11.0 Å². The Kier molecular flexibility index (Phi) is 7.04. The van der Waals surface area contributed by atoms with E-state index in [4.69, 9.17) is 5.73 Å². The highest BCUT2D eigenvalue weighted by molar-refractivity contribution is 8.00. The first-order valence-corrected chi connectivity index (χ1v) is 11.8. The van der Waals surface area contributed by atoms with Gasteiger partial charge in [0.1, 0.15) is 0 Å². The number of benzene rings is 2. The van der Waals surface area contributed by atoms with Gasteiger partial charge < -0.3 is 5.73 Å². The summed E-state index contributed by atoms with van der Waals surface area (Å²) in [7, 11) is 0. The van der Waals surface area contributed by atoms with E-state index in [0.717, 1.165) is 30.2 Å². The number of hydrogen-bond acceptors (Lipinski definition) is 5. The molecule has 1 aliphatic rings. The Morgan fingerprint density at radius 3 is 2.29 bits per heavy atom. The summed E-state index contributed by atoms with van der Waals surface area (Å²) in [6.07, 6.45) is 4.27. The molecule has 6 nitrogen and oxygen atoms in total. The summed E-state index contributed by atoms with van der Waals surface area (Å²) in [5, 5.41) is 9.37. The van der Waals surface area contributed by atoms with Gasteiger partial charge in [0.25, 0.3) is 0 Å². The average molecular weight is 436 g/mol. The number of carbonyl (C=O) groups excluding carboxylic acids is 1. The quantitative estimate of drug-likeness (QED) is 0.541. The van der Waals surface area contributed by atoms with Gasteiger partial charge in [0.2, 0.25) is 5.91 Å². The highest BCUT2D eigenvalue weighted by Crippen LogP contribution is 2.32. The molecule has 0 unspecified atom stereocenters. The Bertz CT molecular complexity index is 986. The second-order valence-electron chi connectivity index (χ2n) is 7.98. The van der Waals surface area contributed by atoms with Crippen LogP contribution in [-0.4, -0.2) is 43.9 Å². The predicted octanol–water partition coefficient (Wildman–Crippen LogP) is 4.00. The molecule has 31 heavy (non-hydrogen) atoms. The molecule has 0 aliphatic carbocycles. The molecule has 0 bridgehead atoms. The highest BCUT2D eigenvalue weighted by Gasteiger charge is 2.28. The van der Waals surface area contributed by atoms with Crippen molar-refractivity contribution in [2.45, 2.75) is 49.1 Å². The second kappa shape index (κ2) is 10.1. The molecule has 1 aromatic heterocycles. The lowest BCUT2D eigenvalue weighted by atomic mass is 10.1. The van der Waals surface area contributed by atoms with E-state index in [9.17, 15) is 4.79 Å². The van der Waals surface area contributed by atoms with Crippen molar-refractivity contribution in [2.24, 2.45) is 5.73 Å². The Labute approximate surface area is 187 Å². The fraction of sp³-hybridized carbons (Fsp3) is 0.375. The predicted molar refractivity (Wildman–Crippen MR) is 124 cm³/mol. The summed E-state index contributed by atoms with van der Waals surface area (Å²) >= 11 is 1.39. The Morgan fingerprint density at radius 2 is 1.65 bits per heavy atom. The minimum absolute atomic E-state index is 0.142. The van der Waals surface area contributed by atoms with Crippen molar-refractivity contribution in [3.05, 3.63) is 72.1 Å². The molecule has 2 heterocycles. The summed E-state index contributed by atoms with van der Waals surface area (Å²) in [5.74, 6) is 0.556. The standard InChI is InChI=1S/C24H29N5OS/c1-18(28-15-9-4-10-16-28)23-26-27-24(29(23)20-13-7-3-8-14-20)31-21(22(25)30)17-19-11-5-2-6-12-19/h2-3,5-8,11-14,18,21H,4,9-10,15-17H2,1H3,(H2,25,30)/t18-,21-/m1/s1. The van der Waals surface area contributed by atoms with Gasteiger partial charge in [0.05, 0.1) is 11.3 Å². The topological polar surface area (TPSA) is 77.0 Å². The van der Waals surface area contributed by atoms with Gasteiger partial charge in [-0.15, -0.1) is 10.2 Å². The van der Waals surface area contributed by atoms with Crippen LogP contribution in [0.5, 0.6) is 0 Å². The number of aromatic nitrogens is 3. The van der Waals surface area contributed by atoms with E-state index in [1.54, 1.807) is 0 Å². The molecule has 3 aromatic rings. The van der Waals surface area contributed by atoms with Crippen molar-refractivity contribution in [1.29, 1.82) is 0 Å². The third-order valence-electron chi connectivity index (χ3n) is 5.81. The lowest BCUT2D eigenvalue weighted by molar-refractivity contribution is -0.117. The van der Waals surface area contributed by atoms with Crippen molar-refractivity contribution < 1.29 is 4.79 Å². The zero-order chi connectivity index (χ0) is 21.6. The number of para-hydroxylation sites is 1. The molecule has 0 spiro atoms. The van der Waals surface area contributed by atoms with Gasteiger partial charge in [-0.05, 0) is 57.0 Å². The second-order valence-corrected chi connectivity index (χ2v) is 9.15. The molecule has 0 saturated carbocycles. The van der Waals surface area contributed by atoms with Crippen LogP contribution in [0.2, 0.25) is 0 Å². The maximum atomic E-state index is 12.3. The van der Waals surface area contributed by atoms with Crippen molar-refractivity contribution in [3.63, 3.8) is 0 Å². The smallest absolute Gasteiger partial charge is 0.231 e. The van der Waals surface area contributed by atoms with Crippen LogP contribution >= 0.6 is 11.8 Å². The van der Waals surface area contributed by atoms with Crippen molar-refractivity contribution in [1.82, 2.24) is 19.7 Å². The maximum absolute atomic E-state index is 12.3. The number of nitrogens with two attached hydrogens (primary N) is 1. The van der Waals surface area contributed by atoms with Gasteiger partial charge in [-0.2, -0.15) is 0 Å². The SMILES string of the molecule is C[C@H](c1nnc(S[C@H](Cc2ccccc2)C(N)=O)n1-c1ccccc1)N1CCCCC1. The normalized spacial score (nSPS) is 16.7. The highest BCUT2D eigenvalue weighted by atomic mass is 32.2. The number of thioether (sulfide) groups is 1. The summed E-state index contributed by atoms with van der Waals surface area (Å²) in [6, 6.07) is 20.2.